The van der Waals surface area contributed by atoms with Crippen molar-refractivity contribution in [3.05, 3.63) is 72.9 Å². The average molecular weight is 1050 g/mol. The number of unbranched alkanes of at least 4 members (excludes halogenated alkanes) is 36. The summed E-state index contributed by atoms with van der Waals surface area (Å²) >= 11 is 0. The first-order valence-corrected chi connectivity index (χ1v) is 32.4. The molecule has 0 bridgehead atoms. The van der Waals surface area contributed by atoms with Crippen molar-refractivity contribution < 1.29 is 28.6 Å². The zero-order chi connectivity index (χ0) is 54.3. The Hall–Kier alpha value is -3.15. The quantitative estimate of drug-likeness (QED) is 0.0261. The van der Waals surface area contributed by atoms with Gasteiger partial charge in [0.05, 0.1) is 0 Å². The van der Waals surface area contributed by atoms with Gasteiger partial charge in [-0.3, -0.25) is 14.4 Å². The molecule has 6 heteroatoms. The second-order valence-electron chi connectivity index (χ2n) is 21.6. The Balaban J connectivity index is 4.37. The summed E-state index contributed by atoms with van der Waals surface area (Å²) in [6, 6.07) is 0. The van der Waals surface area contributed by atoms with Gasteiger partial charge in [0, 0.05) is 19.3 Å². The first-order chi connectivity index (χ1) is 37.0. The second kappa shape index (κ2) is 63.4. The largest absolute Gasteiger partial charge is 0.462 e. The van der Waals surface area contributed by atoms with Gasteiger partial charge < -0.3 is 14.2 Å². The maximum Gasteiger partial charge on any atom is 0.306 e. The van der Waals surface area contributed by atoms with E-state index in [2.05, 4.69) is 93.7 Å². The molecule has 0 aromatic rings. The lowest BCUT2D eigenvalue weighted by Gasteiger charge is -2.18. The normalized spacial score (nSPS) is 12.5. The van der Waals surface area contributed by atoms with Crippen molar-refractivity contribution in [3.8, 4) is 0 Å². The molecule has 0 aliphatic carbocycles. The van der Waals surface area contributed by atoms with E-state index in [-0.39, 0.29) is 31.1 Å². The molecule has 75 heavy (non-hydrogen) atoms. The highest BCUT2D eigenvalue weighted by atomic mass is 16.6. The number of ether oxygens (including phenoxy) is 3. The number of carbonyl (C=O) groups is 3. The van der Waals surface area contributed by atoms with Crippen LogP contribution in [0.5, 0.6) is 0 Å². The Kier molecular flexibility index (Phi) is 60.7. The zero-order valence-corrected chi connectivity index (χ0v) is 49.8. The van der Waals surface area contributed by atoms with Crippen LogP contribution in [0.1, 0.15) is 329 Å². The SMILES string of the molecule is CC/C=C\C/C=C\C/C=C\C/C=C\CCCCCCC(=O)OC[C@H](COC(=O)CCCCCCCCCCCCCCCCCCCCCCC)OC(=O)CCCCCCCCCCC/C=C\C/C=C\CCCCC. The predicted octanol–water partition coefficient (Wildman–Crippen LogP) is 22.1. The summed E-state index contributed by atoms with van der Waals surface area (Å²) in [4.78, 5) is 38.4. The molecule has 0 aromatic carbocycles. The summed E-state index contributed by atoms with van der Waals surface area (Å²) in [5, 5.41) is 0. The Morgan fingerprint density at radius 2 is 0.520 bits per heavy atom. The Bertz CT molecular complexity index is 1390. The fourth-order valence-corrected chi connectivity index (χ4v) is 9.35. The van der Waals surface area contributed by atoms with E-state index in [4.69, 9.17) is 14.2 Å². The van der Waals surface area contributed by atoms with E-state index in [0.717, 1.165) is 103 Å². The molecule has 0 saturated carbocycles. The smallest absolute Gasteiger partial charge is 0.306 e. The van der Waals surface area contributed by atoms with E-state index < -0.39 is 6.10 Å². The minimum absolute atomic E-state index is 0.0821. The molecule has 0 N–H and O–H groups in total. The van der Waals surface area contributed by atoms with Crippen molar-refractivity contribution in [2.24, 2.45) is 0 Å². The van der Waals surface area contributed by atoms with Crippen LogP contribution in [-0.4, -0.2) is 37.2 Å². The molecule has 0 fully saturated rings. The van der Waals surface area contributed by atoms with Crippen molar-refractivity contribution >= 4 is 17.9 Å². The van der Waals surface area contributed by atoms with E-state index in [1.807, 2.05) is 0 Å². The molecule has 0 heterocycles. The number of rotatable bonds is 59. The van der Waals surface area contributed by atoms with E-state index in [9.17, 15) is 14.4 Å². The molecule has 6 nitrogen and oxygen atoms in total. The highest BCUT2D eigenvalue weighted by molar-refractivity contribution is 5.71. The van der Waals surface area contributed by atoms with Gasteiger partial charge in [0.25, 0.3) is 0 Å². The predicted molar refractivity (Wildman–Crippen MR) is 325 cm³/mol. The summed E-state index contributed by atoms with van der Waals surface area (Å²) in [5.41, 5.74) is 0. The molecule has 0 spiro atoms. The van der Waals surface area contributed by atoms with Crippen LogP contribution < -0.4 is 0 Å². The molecule has 0 aliphatic heterocycles. The van der Waals surface area contributed by atoms with Gasteiger partial charge in [-0.25, -0.2) is 0 Å². The van der Waals surface area contributed by atoms with Gasteiger partial charge in [0.2, 0.25) is 0 Å². The van der Waals surface area contributed by atoms with Gasteiger partial charge in [-0.1, -0.05) is 293 Å². The van der Waals surface area contributed by atoms with Crippen molar-refractivity contribution in [3.63, 3.8) is 0 Å². The zero-order valence-electron chi connectivity index (χ0n) is 49.8. The highest BCUT2D eigenvalue weighted by Gasteiger charge is 2.19. The summed E-state index contributed by atoms with van der Waals surface area (Å²) in [6.45, 7) is 6.53. The number of hydrogen-bond acceptors (Lipinski definition) is 6. The molecule has 0 amide bonds. The highest BCUT2D eigenvalue weighted by Crippen LogP contribution is 2.17. The molecule has 434 valence electrons. The van der Waals surface area contributed by atoms with Crippen LogP contribution in [0.15, 0.2) is 72.9 Å². The maximum atomic E-state index is 12.9. The summed E-state index contributed by atoms with van der Waals surface area (Å²) in [7, 11) is 0. The van der Waals surface area contributed by atoms with Gasteiger partial charge in [0.1, 0.15) is 13.2 Å². The van der Waals surface area contributed by atoms with E-state index in [1.165, 1.54) is 186 Å². The molecule has 0 aromatic heterocycles. The fourth-order valence-electron chi connectivity index (χ4n) is 9.35. The van der Waals surface area contributed by atoms with Gasteiger partial charge in [0.15, 0.2) is 6.10 Å². The lowest BCUT2D eigenvalue weighted by Crippen LogP contribution is -2.30. The van der Waals surface area contributed by atoms with E-state index in [1.54, 1.807) is 0 Å². The van der Waals surface area contributed by atoms with Crippen molar-refractivity contribution in [2.75, 3.05) is 13.2 Å². The minimum atomic E-state index is -0.788. The number of allylic oxidation sites excluding steroid dienone is 12. The third kappa shape index (κ3) is 61.6. The summed E-state index contributed by atoms with van der Waals surface area (Å²) < 4.78 is 16.9. The van der Waals surface area contributed by atoms with Crippen LogP contribution in [0.2, 0.25) is 0 Å². The van der Waals surface area contributed by atoms with Gasteiger partial charge in [-0.05, 0) is 89.9 Å². The Morgan fingerprint density at radius 3 is 0.840 bits per heavy atom. The minimum Gasteiger partial charge on any atom is -0.462 e. The molecule has 0 rings (SSSR count). The second-order valence-corrected chi connectivity index (χ2v) is 21.6. The topological polar surface area (TPSA) is 78.9 Å². The van der Waals surface area contributed by atoms with Gasteiger partial charge in [-0.2, -0.15) is 0 Å². The van der Waals surface area contributed by atoms with Crippen LogP contribution in [0, 0.1) is 0 Å². The summed E-state index contributed by atoms with van der Waals surface area (Å²) in [6.07, 6.45) is 81.9. The summed E-state index contributed by atoms with van der Waals surface area (Å²) in [5.74, 6) is -0.894. The molecule has 1 atom stereocenters. The van der Waals surface area contributed by atoms with E-state index >= 15 is 0 Å². The lowest BCUT2D eigenvalue weighted by atomic mass is 10.0. The fraction of sp³-hybridized carbons (Fsp3) is 0.783. The van der Waals surface area contributed by atoms with Crippen molar-refractivity contribution in [1.29, 1.82) is 0 Å². The first kappa shape index (κ1) is 71.8. The lowest BCUT2D eigenvalue weighted by molar-refractivity contribution is -0.167. The molecule has 0 saturated heterocycles. The van der Waals surface area contributed by atoms with Gasteiger partial charge in [-0.15, -0.1) is 0 Å². The monoisotopic (exact) mass is 1050 g/mol. The molecule has 0 radical (unpaired) electrons. The molecule has 0 unspecified atom stereocenters. The standard InChI is InChI=1S/C69H122O6/c1-4-7-10-13-16-19-22-25-28-31-33-34-36-38-41-44-47-50-53-56-59-62-68(71)74-65-66(64-73-67(70)61-58-55-52-49-46-43-40-37-30-27-24-21-18-15-12-9-6-3)75-69(72)63-60-57-54-51-48-45-42-39-35-32-29-26-23-20-17-14-11-8-5-2/h9,12,17-18,20-21,26-27,29-30,40,43,66H,4-8,10-11,13-16,19,22-25,28,31-39,41-42,44-65H2,1-3H3/b12-9-,20-17-,21-18-,29-26-,30-27-,43-40-/t66-/m1/s1. The number of carbonyl (C=O) groups excluding carboxylic acids is 3. The third-order valence-electron chi connectivity index (χ3n) is 14.2. The van der Waals surface area contributed by atoms with Crippen LogP contribution in [0.3, 0.4) is 0 Å². The molecular formula is C69H122O6. The van der Waals surface area contributed by atoms with Gasteiger partial charge >= 0.3 is 17.9 Å². The van der Waals surface area contributed by atoms with Crippen molar-refractivity contribution in [1.82, 2.24) is 0 Å². The Labute approximate surface area is 465 Å². The number of hydrogen-bond donors (Lipinski definition) is 0. The van der Waals surface area contributed by atoms with Crippen LogP contribution >= 0.6 is 0 Å². The molecular weight excluding hydrogens is 925 g/mol. The maximum absolute atomic E-state index is 12.9. The van der Waals surface area contributed by atoms with Crippen LogP contribution in [-0.2, 0) is 28.6 Å². The average Bonchev–Trinajstić information content (AvgIpc) is 3.41. The number of esters is 3. The van der Waals surface area contributed by atoms with E-state index in [0.29, 0.717) is 19.3 Å². The Morgan fingerprint density at radius 1 is 0.280 bits per heavy atom. The first-order valence-electron chi connectivity index (χ1n) is 32.4. The van der Waals surface area contributed by atoms with Crippen LogP contribution in [0.4, 0.5) is 0 Å². The third-order valence-corrected chi connectivity index (χ3v) is 14.2. The van der Waals surface area contributed by atoms with Crippen LogP contribution in [0.25, 0.3) is 0 Å². The molecule has 0 aliphatic rings. The van der Waals surface area contributed by atoms with Crippen molar-refractivity contribution in [2.45, 2.75) is 335 Å².